The van der Waals surface area contributed by atoms with Crippen molar-refractivity contribution in [1.82, 2.24) is 19.9 Å². The van der Waals surface area contributed by atoms with Gasteiger partial charge in [0.15, 0.2) is 23.1 Å². The van der Waals surface area contributed by atoms with E-state index < -0.39 is 0 Å². The van der Waals surface area contributed by atoms with Gasteiger partial charge in [0, 0.05) is 49.4 Å². The number of hydrogen-bond acceptors (Lipinski definition) is 6. The molecule has 0 saturated heterocycles. The van der Waals surface area contributed by atoms with Crippen molar-refractivity contribution < 1.29 is 8.83 Å². The lowest BCUT2D eigenvalue weighted by atomic mass is 9.82. The molecule has 0 N–H and O–H groups in total. The Morgan fingerprint density at radius 2 is 1.03 bits per heavy atom. The maximum atomic E-state index is 6.87. The lowest BCUT2D eigenvalue weighted by Gasteiger charge is -2.21. The first-order chi connectivity index (χ1) is 29.0. The highest BCUT2D eigenvalue weighted by Crippen LogP contribution is 2.52. The summed E-state index contributed by atoms with van der Waals surface area (Å²) < 4.78 is 13.4. The summed E-state index contributed by atoms with van der Waals surface area (Å²) in [6.45, 7) is 4.59. The molecular weight excluding hydrogens is 725 g/mol. The third-order valence-electron chi connectivity index (χ3n) is 12.0. The van der Waals surface area contributed by atoms with Crippen LogP contribution in [0.15, 0.2) is 179 Å². The van der Waals surface area contributed by atoms with Gasteiger partial charge in [-0.3, -0.25) is 0 Å². The number of benzene rings is 8. The van der Waals surface area contributed by atoms with E-state index in [1.165, 1.54) is 22.3 Å². The summed E-state index contributed by atoms with van der Waals surface area (Å²) in [6, 6.07) is 58.3. The second kappa shape index (κ2) is 12.7. The Morgan fingerprint density at radius 3 is 1.88 bits per heavy atom. The third kappa shape index (κ3) is 5.06. The fourth-order valence-electron chi connectivity index (χ4n) is 9.20. The van der Waals surface area contributed by atoms with Crippen molar-refractivity contribution in [3.05, 3.63) is 181 Å². The quantitative estimate of drug-likeness (QED) is 0.174. The zero-order valence-electron chi connectivity index (χ0n) is 32.3. The van der Waals surface area contributed by atoms with Gasteiger partial charge in [-0.15, -0.1) is 0 Å². The van der Waals surface area contributed by atoms with Crippen molar-refractivity contribution in [1.29, 1.82) is 0 Å². The van der Waals surface area contributed by atoms with E-state index in [0.29, 0.717) is 23.4 Å². The van der Waals surface area contributed by atoms with Gasteiger partial charge in [-0.05, 0) is 57.5 Å². The molecule has 0 atom stereocenters. The Morgan fingerprint density at radius 1 is 0.407 bits per heavy atom. The molecule has 3 aromatic heterocycles. The normalized spacial score (nSPS) is 13.1. The number of furan rings is 1. The minimum absolute atomic E-state index is 0.160. The molecule has 3 heterocycles. The number of rotatable bonds is 5. The van der Waals surface area contributed by atoms with E-state index in [2.05, 4.69) is 117 Å². The molecule has 278 valence electrons. The van der Waals surface area contributed by atoms with Gasteiger partial charge in [0.2, 0.25) is 5.89 Å². The Hall–Kier alpha value is -7.70. The SMILES string of the molecule is CC1(C)c2ccccc2-c2c(-c3nc(-c4ccccc4)nc(-c4cccc5oc6c(-c7cccc8ccc9nc(-c%10ccccc%10)oc9c78)cccc6c45)n3)cccc21. The molecule has 8 aromatic carbocycles. The van der Waals surface area contributed by atoms with Crippen molar-refractivity contribution in [3.63, 3.8) is 0 Å². The zero-order valence-corrected chi connectivity index (χ0v) is 32.3. The lowest BCUT2D eigenvalue weighted by Crippen LogP contribution is -2.14. The van der Waals surface area contributed by atoms with Gasteiger partial charge in [-0.2, -0.15) is 0 Å². The van der Waals surface area contributed by atoms with E-state index in [9.17, 15) is 0 Å². The van der Waals surface area contributed by atoms with Crippen LogP contribution in [0, 0.1) is 0 Å². The molecule has 0 fully saturated rings. The summed E-state index contributed by atoms with van der Waals surface area (Å²) >= 11 is 0. The highest BCUT2D eigenvalue weighted by atomic mass is 16.3. The summed E-state index contributed by atoms with van der Waals surface area (Å²) in [5.41, 5.74) is 13.6. The topological polar surface area (TPSA) is 77.8 Å². The Kier molecular flexibility index (Phi) is 7.17. The molecule has 6 nitrogen and oxygen atoms in total. The molecule has 11 aromatic rings. The Balaban J connectivity index is 1.08. The molecule has 0 amide bonds. The first-order valence-corrected chi connectivity index (χ1v) is 19.9. The average Bonchev–Trinajstić information content (AvgIpc) is 3.97. The summed E-state index contributed by atoms with van der Waals surface area (Å²) in [6.07, 6.45) is 0. The van der Waals surface area contributed by atoms with Crippen LogP contribution in [0.3, 0.4) is 0 Å². The van der Waals surface area contributed by atoms with Gasteiger partial charge in [-0.1, -0.05) is 159 Å². The molecule has 0 bridgehead atoms. The van der Waals surface area contributed by atoms with Crippen LogP contribution < -0.4 is 0 Å². The Bertz CT molecular complexity index is 3470. The standard InChI is InChI=1S/C53H34N4O2/c1-53(2)40-26-10-9-20-36(40)45-38(24-13-27-41(45)53)50-55-49(32-15-5-3-6-16-32)56-51(57-50)39-25-14-28-43-46(39)37-23-12-22-35(47(37)58-43)34-21-11-19-31-29-30-42-48(44(31)34)59-52(54-42)33-17-7-4-8-18-33/h3-30H,1-2H3. The van der Waals surface area contributed by atoms with Gasteiger partial charge in [0.05, 0.1) is 0 Å². The van der Waals surface area contributed by atoms with Crippen LogP contribution in [0.5, 0.6) is 0 Å². The molecule has 1 aliphatic carbocycles. The van der Waals surface area contributed by atoms with Gasteiger partial charge in [-0.25, -0.2) is 19.9 Å². The van der Waals surface area contributed by atoms with Crippen LogP contribution in [0.4, 0.5) is 0 Å². The number of aromatic nitrogens is 4. The average molecular weight is 759 g/mol. The van der Waals surface area contributed by atoms with Gasteiger partial charge >= 0.3 is 0 Å². The minimum atomic E-state index is -0.160. The molecule has 0 unspecified atom stereocenters. The second-order valence-electron chi connectivity index (χ2n) is 15.7. The van der Waals surface area contributed by atoms with Gasteiger partial charge < -0.3 is 8.83 Å². The minimum Gasteiger partial charge on any atom is -0.455 e. The van der Waals surface area contributed by atoms with E-state index in [1.807, 2.05) is 66.7 Å². The monoisotopic (exact) mass is 758 g/mol. The van der Waals surface area contributed by atoms with E-state index in [1.54, 1.807) is 0 Å². The number of hydrogen-bond donors (Lipinski definition) is 0. The predicted octanol–water partition coefficient (Wildman–Crippen LogP) is 13.7. The lowest BCUT2D eigenvalue weighted by molar-refractivity contribution is 0.623. The highest BCUT2D eigenvalue weighted by molar-refractivity contribution is 6.19. The van der Waals surface area contributed by atoms with E-state index in [4.69, 9.17) is 28.8 Å². The number of fused-ring (bicyclic) bond motifs is 9. The van der Waals surface area contributed by atoms with Crippen molar-refractivity contribution in [2.45, 2.75) is 19.3 Å². The highest BCUT2D eigenvalue weighted by Gasteiger charge is 2.37. The molecule has 0 spiro atoms. The fraction of sp³-hybridized carbons (Fsp3) is 0.0566. The molecule has 12 rings (SSSR count). The third-order valence-corrected chi connectivity index (χ3v) is 12.0. The number of nitrogens with zero attached hydrogens (tertiary/aromatic N) is 4. The number of oxazole rings is 1. The van der Waals surface area contributed by atoms with E-state index in [0.717, 1.165) is 77.2 Å². The van der Waals surface area contributed by atoms with Crippen molar-refractivity contribution in [2.24, 2.45) is 0 Å². The van der Waals surface area contributed by atoms with Gasteiger partial charge in [0.1, 0.15) is 16.7 Å². The molecule has 59 heavy (non-hydrogen) atoms. The van der Waals surface area contributed by atoms with Crippen molar-refractivity contribution in [2.75, 3.05) is 0 Å². The summed E-state index contributed by atoms with van der Waals surface area (Å²) in [5.74, 6) is 2.42. The van der Waals surface area contributed by atoms with Crippen molar-refractivity contribution >= 4 is 43.8 Å². The molecule has 0 aliphatic heterocycles. The van der Waals surface area contributed by atoms with Crippen LogP contribution in [0.1, 0.15) is 25.0 Å². The molecule has 0 saturated carbocycles. The Labute approximate surface area is 339 Å². The van der Waals surface area contributed by atoms with E-state index in [-0.39, 0.29) is 5.41 Å². The zero-order chi connectivity index (χ0) is 39.2. The maximum absolute atomic E-state index is 6.87. The molecule has 0 radical (unpaired) electrons. The number of para-hydroxylation sites is 1. The van der Waals surface area contributed by atoms with Crippen LogP contribution in [0.25, 0.3) is 112 Å². The molecule has 1 aliphatic rings. The summed E-state index contributed by atoms with van der Waals surface area (Å²) in [7, 11) is 0. The largest absolute Gasteiger partial charge is 0.455 e. The maximum Gasteiger partial charge on any atom is 0.227 e. The first kappa shape index (κ1) is 33.4. The first-order valence-electron chi connectivity index (χ1n) is 19.9. The van der Waals surface area contributed by atoms with Gasteiger partial charge in [0.25, 0.3) is 0 Å². The molecule has 6 heteroatoms. The van der Waals surface area contributed by atoms with E-state index >= 15 is 0 Å². The second-order valence-corrected chi connectivity index (χ2v) is 15.7. The van der Waals surface area contributed by atoms with Crippen LogP contribution in [0.2, 0.25) is 0 Å². The van der Waals surface area contributed by atoms with Crippen molar-refractivity contribution in [3.8, 4) is 67.9 Å². The predicted molar refractivity (Wildman–Crippen MR) is 237 cm³/mol. The smallest absolute Gasteiger partial charge is 0.227 e. The summed E-state index contributed by atoms with van der Waals surface area (Å²) in [5, 5.41) is 3.97. The van der Waals surface area contributed by atoms with Crippen LogP contribution >= 0.6 is 0 Å². The van der Waals surface area contributed by atoms with Crippen LogP contribution in [-0.4, -0.2) is 19.9 Å². The molecular formula is C53H34N4O2. The summed E-state index contributed by atoms with van der Waals surface area (Å²) in [4.78, 5) is 20.6. The van der Waals surface area contributed by atoms with Crippen LogP contribution in [-0.2, 0) is 5.41 Å². The fourth-order valence-corrected chi connectivity index (χ4v) is 9.20.